The molecule has 1 heterocycles. The van der Waals surface area contributed by atoms with E-state index in [9.17, 15) is 18.0 Å². The van der Waals surface area contributed by atoms with Crippen LogP contribution in [0.5, 0.6) is 5.75 Å². The highest BCUT2D eigenvalue weighted by Crippen LogP contribution is 2.22. The Morgan fingerprint density at radius 1 is 0.939 bits per heavy atom. The van der Waals surface area contributed by atoms with Gasteiger partial charge in [0.1, 0.15) is 9.96 Å². The molecule has 33 heavy (non-hydrogen) atoms. The van der Waals surface area contributed by atoms with Crippen molar-refractivity contribution in [3.05, 3.63) is 71.6 Å². The van der Waals surface area contributed by atoms with Gasteiger partial charge in [-0.2, -0.15) is 5.26 Å². The summed E-state index contributed by atoms with van der Waals surface area (Å²) in [5.41, 5.74) is 6.87. The van der Waals surface area contributed by atoms with Crippen LogP contribution in [0, 0.1) is 11.3 Å². The zero-order valence-corrected chi connectivity index (χ0v) is 18.9. The van der Waals surface area contributed by atoms with Gasteiger partial charge in [-0.15, -0.1) is 11.3 Å². The van der Waals surface area contributed by atoms with Crippen molar-refractivity contribution in [3.8, 4) is 22.9 Å². The lowest BCUT2D eigenvalue weighted by atomic mass is 10.0. The third-order valence-corrected chi connectivity index (χ3v) is 7.18. The number of hydrogen-bond acceptors (Lipinski definition) is 7. The van der Waals surface area contributed by atoms with Gasteiger partial charge in [-0.1, -0.05) is 30.3 Å². The predicted octanol–water partition coefficient (Wildman–Crippen LogP) is 2.18. The van der Waals surface area contributed by atoms with E-state index in [1.54, 1.807) is 35.7 Å². The van der Waals surface area contributed by atoms with Crippen molar-refractivity contribution in [2.24, 2.45) is 0 Å². The van der Waals surface area contributed by atoms with Gasteiger partial charge in [0.25, 0.3) is 5.91 Å². The Morgan fingerprint density at radius 2 is 1.58 bits per heavy atom. The Labute approximate surface area is 195 Å². The Kier molecular flexibility index (Phi) is 8.15. The average Bonchev–Trinajstić information content (AvgIpc) is 3.38. The monoisotopic (exact) mass is 484 g/mol. The number of hydrogen-bond donors (Lipinski definition) is 3. The van der Waals surface area contributed by atoms with Crippen LogP contribution in [0.25, 0.3) is 11.1 Å². The Morgan fingerprint density at radius 3 is 2.18 bits per heavy atom. The fraction of sp³-hybridized carbons (Fsp3) is 0.136. The number of rotatable bonds is 9. The van der Waals surface area contributed by atoms with Gasteiger partial charge in [-0.05, 0) is 46.8 Å². The molecule has 0 aliphatic carbocycles. The van der Waals surface area contributed by atoms with Crippen molar-refractivity contribution in [3.63, 3.8) is 0 Å². The van der Waals surface area contributed by atoms with E-state index in [2.05, 4.69) is 21.6 Å². The van der Waals surface area contributed by atoms with E-state index in [0.717, 1.165) is 22.5 Å². The summed E-state index contributed by atoms with van der Waals surface area (Å²) in [6, 6.07) is 19.4. The minimum atomic E-state index is -3.64. The Balaban J connectivity index is 1.36. The maximum absolute atomic E-state index is 12.0. The molecular weight excluding hydrogens is 464 g/mol. The molecule has 3 rings (SSSR count). The molecule has 0 spiro atoms. The average molecular weight is 485 g/mol. The number of carbonyl (C=O) groups is 2. The molecule has 3 N–H and O–H groups in total. The van der Waals surface area contributed by atoms with Gasteiger partial charge >= 0.3 is 0 Å². The number of carbonyl (C=O) groups excluding carboxylic acids is 2. The number of nitrogens with zero attached hydrogens (tertiary/aromatic N) is 1. The first kappa shape index (κ1) is 23.9. The molecule has 0 aliphatic rings. The van der Waals surface area contributed by atoms with Gasteiger partial charge in [-0.25, -0.2) is 13.1 Å². The van der Waals surface area contributed by atoms with E-state index in [-0.39, 0.29) is 23.8 Å². The first-order valence-electron chi connectivity index (χ1n) is 9.71. The molecule has 0 unspecified atom stereocenters. The van der Waals surface area contributed by atoms with E-state index in [1.807, 2.05) is 24.3 Å². The first-order chi connectivity index (χ1) is 15.9. The van der Waals surface area contributed by atoms with Crippen LogP contribution in [0.2, 0.25) is 0 Å². The van der Waals surface area contributed by atoms with Gasteiger partial charge in [0.05, 0.1) is 11.6 Å². The van der Waals surface area contributed by atoms with Gasteiger partial charge in [0.2, 0.25) is 15.9 Å². The molecule has 0 fully saturated rings. The zero-order chi connectivity index (χ0) is 23.7. The summed E-state index contributed by atoms with van der Waals surface area (Å²) in [6.07, 6.45) is -0.150. The highest BCUT2D eigenvalue weighted by Gasteiger charge is 2.15. The van der Waals surface area contributed by atoms with Crippen LogP contribution < -0.4 is 20.3 Å². The zero-order valence-electron chi connectivity index (χ0n) is 17.3. The van der Waals surface area contributed by atoms with Crippen LogP contribution in [0.1, 0.15) is 12.0 Å². The van der Waals surface area contributed by atoms with Crippen molar-refractivity contribution in [1.29, 1.82) is 5.26 Å². The highest BCUT2D eigenvalue weighted by atomic mass is 32.2. The van der Waals surface area contributed by atoms with E-state index in [0.29, 0.717) is 11.3 Å². The molecule has 3 aromatic rings. The summed E-state index contributed by atoms with van der Waals surface area (Å²) in [5, 5.41) is 10.5. The van der Waals surface area contributed by atoms with E-state index in [4.69, 9.17) is 10.00 Å². The fourth-order valence-electron chi connectivity index (χ4n) is 2.65. The molecule has 170 valence electrons. The lowest BCUT2D eigenvalue weighted by Crippen LogP contribution is -2.44. The second-order valence-electron chi connectivity index (χ2n) is 6.68. The van der Waals surface area contributed by atoms with Gasteiger partial charge < -0.3 is 4.74 Å². The minimum Gasteiger partial charge on any atom is -0.484 e. The molecule has 0 radical (unpaired) electrons. The maximum atomic E-state index is 12.0. The van der Waals surface area contributed by atoms with Crippen LogP contribution in [-0.2, 0) is 19.6 Å². The number of ether oxygens (including phenoxy) is 1. The second-order valence-corrected chi connectivity index (χ2v) is 9.62. The summed E-state index contributed by atoms with van der Waals surface area (Å²) in [7, 11) is -3.64. The molecule has 2 amide bonds. The number of sulfonamides is 1. The summed E-state index contributed by atoms with van der Waals surface area (Å²) in [5.74, 6) is -0.653. The van der Waals surface area contributed by atoms with Crippen LogP contribution in [0.15, 0.2) is 70.3 Å². The maximum Gasteiger partial charge on any atom is 0.276 e. The van der Waals surface area contributed by atoms with E-state index < -0.39 is 21.8 Å². The number of nitriles is 1. The van der Waals surface area contributed by atoms with Crippen molar-refractivity contribution >= 4 is 33.2 Å². The fourth-order valence-corrected chi connectivity index (χ4v) is 4.72. The summed E-state index contributed by atoms with van der Waals surface area (Å²) >= 11 is 1.07. The van der Waals surface area contributed by atoms with Gasteiger partial charge in [0.15, 0.2) is 6.61 Å². The quantitative estimate of drug-likeness (QED) is 0.398. The molecule has 9 nitrogen and oxygen atoms in total. The third-order valence-electron chi connectivity index (χ3n) is 4.32. The highest BCUT2D eigenvalue weighted by molar-refractivity contribution is 7.91. The topological polar surface area (TPSA) is 137 Å². The normalized spacial score (nSPS) is 10.8. The van der Waals surface area contributed by atoms with E-state index in [1.165, 1.54) is 6.07 Å². The van der Waals surface area contributed by atoms with Crippen LogP contribution in [0.3, 0.4) is 0 Å². The minimum absolute atomic E-state index is 0.107. The van der Waals surface area contributed by atoms with Crippen LogP contribution in [0.4, 0.5) is 0 Å². The Bertz CT molecular complexity index is 1230. The molecule has 0 saturated carbocycles. The van der Waals surface area contributed by atoms with Gasteiger partial charge in [-0.3, -0.25) is 20.4 Å². The van der Waals surface area contributed by atoms with Crippen molar-refractivity contribution < 1.29 is 22.7 Å². The number of hydrazine groups is 1. The summed E-state index contributed by atoms with van der Waals surface area (Å²) < 4.78 is 31.8. The van der Waals surface area contributed by atoms with Crippen molar-refractivity contribution in [2.45, 2.75) is 10.6 Å². The standard InChI is InChI=1S/C22H20N4O5S2/c23-14-16-3-5-17(6-4-16)18-7-9-19(10-8-18)31-15-21(28)26-25-20(27)11-12-24-33(29,30)22-2-1-13-32-22/h1-10,13,24H,11-12,15H2,(H,25,27)(H,26,28). The number of thiophene rings is 1. The first-order valence-corrected chi connectivity index (χ1v) is 12.1. The smallest absolute Gasteiger partial charge is 0.276 e. The lowest BCUT2D eigenvalue weighted by Gasteiger charge is -2.10. The molecule has 0 atom stereocenters. The SMILES string of the molecule is N#Cc1ccc(-c2ccc(OCC(=O)NNC(=O)CCNS(=O)(=O)c3cccs3)cc2)cc1. The second kappa shape index (κ2) is 11.2. The largest absolute Gasteiger partial charge is 0.484 e. The molecule has 11 heteroatoms. The number of nitrogens with one attached hydrogen (secondary N) is 3. The Hall–Kier alpha value is -3.72. The predicted molar refractivity (Wildman–Crippen MR) is 122 cm³/mol. The molecule has 1 aromatic heterocycles. The van der Waals surface area contributed by atoms with Crippen molar-refractivity contribution in [2.75, 3.05) is 13.2 Å². The van der Waals surface area contributed by atoms with Gasteiger partial charge in [0, 0.05) is 13.0 Å². The third kappa shape index (κ3) is 7.15. The lowest BCUT2D eigenvalue weighted by molar-refractivity contribution is -0.129. The number of benzene rings is 2. The van der Waals surface area contributed by atoms with Crippen molar-refractivity contribution in [1.82, 2.24) is 15.6 Å². The molecule has 0 aliphatic heterocycles. The van der Waals surface area contributed by atoms with Crippen LogP contribution >= 0.6 is 11.3 Å². The molecular formula is C22H20N4O5S2. The molecule has 2 aromatic carbocycles. The van der Waals surface area contributed by atoms with E-state index >= 15 is 0 Å². The molecule has 0 saturated heterocycles. The number of amides is 2. The summed E-state index contributed by atoms with van der Waals surface area (Å²) in [6.45, 7) is -0.425. The van der Waals surface area contributed by atoms with Crippen LogP contribution in [-0.4, -0.2) is 33.4 Å². The summed E-state index contributed by atoms with van der Waals surface area (Å²) in [4.78, 5) is 23.7. The molecule has 0 bridgehead atoms.